The maximum atomic E-state index is 10.9. The van der Waals surface area contributed by atoms with Gasteiger partial charge in [0.2, 0.25) is 0 Å². The van der Waals surface area contributed by atoms with Gasteiger partial charge in [-0.05, 0) is 45.2 Å². The molecule has 0 aliphatic heterocycles. The van der Waals surface area contributed by atoms with Gasteiger partial charge in [0.1, 0.15) is 0 Å². The van der Waals surface area contributed by atoms with E-state index >= 15 is 0 Å². The van der Waals surface area contributed by atoms with Crippen LogP contribution in [0.2, 0.25) is 0 Å². The largest absolute Gasteiger partial charge is 0.487 e. The molecule has 5 nitrogen and oxygen atoms in total. The summed E-state index contributed by atoms with van der Waals surface area (Å²) in [5.41, 5.74) is 0.423. The van der Waals surface area contributed by atoms with E-state index in [0.717, 1.165) is 5.56 Å². The summed E-state index contributed by atoms with van der Waals surface area (Å²) in [6.45, 7) is 5.89. The molecule has 0 aliphatic rings. The monoisotopic (exact) mass is 262 g/mol. The summed E-state index contributed by atoms with van der Waals surface area (Å²) < 4.78 is 5.44. The second-order valence-electron chi connectivity index (χ2n) is 5.18. The highest BCUT2D eigenvalue weighted by atomic mass is 16.6. The lowest BCUT2D eigenvalue weighted by atomic mass is 9.90. The quantitative estimate of drug-likeness (QED) is 0.445. The van der Waals surface area contributed by atoms with Crippen molar-refractivity contribution in [3.05, 3.63) is 33.9 Å². The molecule has 0 saturated carbocycles. The molecule has 0 saturated heterocycles. The summed E-state index contributed by atoms with van der Waals surface area (Å²) in [6.07, 6.45) is 1.38. The number of nitrogens with zero attached hydrogens (tertiary/aromatic N) is 2. The van der Waals surface area contributed by atoms with Crippen molar-refractivity contribution in [3.8, 4) is 11.8 Å². The SMILES string of the molecule is Cc1ccc(OCCCC(C)(C)C#N)c([N+](=O)[O-])c1. The van der Waals surface area contributed by atoms with Crippen LogP contribution in [-0.2, 0) is 0 Å². The van der Waals surface area contributed by atoms with Crippen LogP contribution in [0.25, 0.3) is 0 Å². The smallest absolute Gasteiger partial charge is 0.311 e. The highest BCUT2D eigenvalue weighted by Gasteiger charge is 2.17. The van der Waals surface area contributed by atoms with Crippen molar-refractivity contribution in [2.45, 2.75) is 33.6 Å². The fourth-order valence-corrected chi connectivity index (χ4v) is 1.64. The Morgan fingerprint density at radius 1 is 1.47 bits per heavy atom. The average molecular weight is 262 g/mol. The van der Waals surface area contributed by atoms with E-state index < -0.39 is 4.92 Å². The van der Waals surface area contributed by atoms with E-state index in [9.17, 15) is 10.1 Å². The van der Waals surface area contributed by atoms with Gasteiger partial charge < -0.3 is 4.74 Å². The Morgan fingerprint density at radius 3 is 2.74 bits per heavy atom. The van der Waals surface area contributed by atoms with Gasteiger partial charge in [-0.3, -0.25) is 10.1 Å². The number of nitro benzene ring substituents is 1. The number of benzene rings is 1. The van der Waals surface area contributed by atoms with Gasteiger partial charge in [-0.15, -0.1) is 0 Å². The molecule has 0 aromatic heterocycles. The van der Waals surface area contributed by atoms with Crippen molar-refractivity contribution in [3.63, 3.8) is 0 Å². The molecule has 0 aliphatic carbocycles. The molecule has 19 heavy (non-hydrogen) atoms. The van der Waals surface area contributed by atoms with E-state index in [2.05, 4.69) is 6.07 Å². The zero-order valence-corrected chi connectivity index (χ0v) is 11.5. The molecule has 1 aromatic rings. The Hall–Kier alpha value is -2.09. The second-order valence-corrected chi connectivity index (χ2v) is 5.18. The normalized spacial score (nSPS) is 10.8. The van der Waals surface area contributed by atoms with Gasteiger partial charge >= 0.3 is 5.69 Å². The van der Waals surface area contributed by atoms with Gasteiger partial charge in [0.15, 0.2) is 5.75 Å². The summed E-state index contributed by atoms with van der Waals surface area (Å²) in [7, 11) is 0. The molecule has 0 bridgehead atoms. The fraction of sp³-hybridized carbons (Fsp3) is 0.500. The number of hydrogen-bond donors (Lipinski definition) is 0. The van der Waals surface area contributed by atoms with Gasteiger partial charge in [-0.2, -0.15) is 5.26 Å². The van der Waals surface area contributed by atoms with E-state index in [4.69, 9.17) is 10.00 Å². The van der Waals surface area contributed by atoms with Crippen LogP contribution in [0.3, 0.4) is 0 Å². The van der Waals surface area contributed by atoms with Crippen molar-refractivity contribution in [2.75, 3.05) is 6.61 Å². The molecule has 1 aromatic carbocycles. The van der Waals surface area contributed by atoms with Crippen molar-refractivity contribution >= 4 is 5.69 Å². The number of nitro groups is 1. The van der Waals surface area contributed by atoms with Crippen LogP contribution in [0.1, 0.15) is 32.3 Å². The first-order valence-corrected chi connectivity index (χ1v) is 6.15. The van der Waals surface area contributed by atoms with E-state index in [1.807, 2.05) is 13.8 Å². The zero-order valence-electron chi connectivity index (χ0n) is 11.5. The Kier molecular flexibility index (Phi) is 4.87. The minimum Gasteiger partial charge on any atom is -0.487 e. The van der Waals surface area contributed by atoms with Crippen molar-refractivity contribution in [1.29, 1.82) is 5.26 Å². The number of aryl methyl sites for hydroxylation is 1. The molecule has 0 heterocycles. The zero-order chi connectivity index (χ0) is 14.5. The van der Waals surface area contributed by atoms with E-state index in [-0.39, 0.29) is 16.9 Å². The third-order valence-electron chi connectivity index (χ3n) is 2.82. The molecule has 102 valence electrons. The standard InChI is InChI=1S/C14H18N2O3/c1-11-5-6-13(12(9-11)16(17)18)19-8-4-7-14(2,3)10-15/h5-6,9H,4,7-8H2,1-3H3. The Balaban J connectivity index is 2.59. The van der Waals surface area contributed by atoms with E-state index in [0.29, 0.717) is 19.4 Å². The molecule has 0 N–H and O–H groups in total. The van der Waals surface area contributed by atoms with Crippen molar-refractivity contribution in [2.24, 2.45) is 5.41 Å². The minimum absolute atomic E-state index is 0.0143. The number of hydrogen-bond acceptors (Lipinski definition) is 4. The van der Waals surface area contributed by atoms with Crippen LogP contribution in [0.4, 0.5) is 5.69 Å². The third-order valence-corrected chi connectivity index (χ3v) is 2.82. The summed E-state index contributed by atoms with van der Waals surface area (Å²) in [5, 5.41) is 19.8. The summed E-state index contributed by atoms with van der Waals surface area (Å²) in [6, 6.07) is 7.10. The van der Waals surface area contributed by atoms with Gasteiger partial charge in [0, 0.05) is 6.07 Å². The van der Waals surface area contributed by atoms with Gasteiger partial charge in [0.25, 0.3) is 0 Å². The maximum Gasteiger partial charge on any atom is 0.311 e. The molecule has 0 fully saturated rings. The van der Waals surface area contributed by atoms with Gasteiger partial charge in [-0.25, -0.2) is 0 Å². The highest BCUT2D eigenvalue weighted by molar-refractivity contribution is 5.48. The van der Waals surface area contributed by atoms with Crippen LogP contribution in [0, 0.1) is 33.8 Å². The molecule has 0 radical (unpaired) electrons. The molecule has 0 unspecified atom stereocenters. The Bertz CT molecular complexity index is 504. The lowest BCUT2D eigenvalue weighted by molar-refractivity contribution is -0.385. The molecule has 5 heteroatoms. The van der Waals surface area contributed by atoms with Crippen LogP contribution in [0.15, 0.2) is 18.2 Å². The highest BCUT2D eigenvalue weighted by Crippen LogP contribution is 2.28. The first-order chi connectivity index (χ1) is 8.85. The van der Waals surface area contributed by atoms with Gasteiger partial charge in [0.05, 0.1) is 23.0 Å². The number of ether oxygens (including phenoxy) is 1. The first-order valence-electron chi connectivity index (χ1n) is 6.15. The average Bonchev–Trinajstić information content (AvgIpc) is 2.36. The fourth-order valence-electron chi connectivity index (χ4n) is 1.64. The summed E-state index contributed by atoms with van der Waals surface area (Å²) in [5.74, 6) is 0.283. The van der Waals surface area contributed by atoms with Crippen molar-refractivity contribution < 1.29 is 9.66 Å². The van der Waals surface area contributed by atoms with Crippen LogP contribution >= 0.6 is 0 Å². The van der Waals surface area contributed by atoms with Crippen molar-refractivity contribution in [1.82, 2.24) is 0 Å². The van der Waals surface area contributed by atoms with E-state index in [1.54, 1.807) is 19.1 Å². The maximum absolute atomic E-state index is 10.9. The second kappa shape index (κ2) is 6.19. The topological polar surface area (TPSA) is 76.2 Å². The summed E-state index contributed by atoms with van der Waals surface area (Å²) in [4.78, 5) is 10.5. The first kappa shape index (κ1) is 15.0. The number of nitriles is 1. The Labute approximate surface area is 113 Å². The van der Waals surface area contributed by atoms with Gasteiger partial charge in [-0.1, -0.05) is 6.07 Å². The molecular weight excluding hydrogens is 244 g/mol. The Morgan fingerprint density at radius 2 is 2.16 bits per heavy atom. The lowest BCUT2D eigenvalue weighted by Gasteiger charge is -2.14. The predicted molar refractivity (Wildman–Crippen MR) is 72.0 cm³/mol. The lowest BCUT2D eigenvalue weighted by Crippen LogP contribution is -2.10. The molecule has 0 atom stereocenters. The van der Waals surface area contributed by atoms with Crippen LogP contribution in [0.5, 0.6) is 5.75 Å². The molecule has 0 spiro atoms. The third kappa shape index (κ3) is 4.59. The molecular formula is C14H18N2O3. The van der Waals surface area contributed by atoms with E-state index in [1.165, 1.54) is 6.07 Å². The minimum atomic E-state index is -0.443. The van der Waals surface area contributed by atoms with Crippen LogP contribution in [-0.4, -0.2) is 11.5 Å². The molecule has 1 rings (SSSR count). The molecule has 0 amide bonds. The summed E-state index contributed by atoms with van der Waals surface area (Å²) >= 11 is 0. The predicted octanol–water partition coefficient (Wildman–Crippen LogP) is 3.61. The number of rotatable bonds is 6. The van der Waals surface area contributed by atoms with Crippen LogP contribution < -0.4 is 4.74 Å².